The van der Waals surface area contributed by atoms with Gasteiger partial charge in [-0.25, -0.2) is 8.78 Å². The van der Waals surface area contributed by atoms with Gasteiger partial charge in [0.05, 0.1) is 6.20 Å². The number of ether oxygens (including phenoxy) is 1. The smallest absolute Gasteiger partial charge is 0.244 e. The van der Waals surface area contributed by atoms with Gasteiger partial charge >= 0.3 is 0 Å². The molecule has 1 heterocycles. The zero-order valence-corrected chi connectivity index (χ0v) is 15.2. The third kappa shape index (κ3) is 5.23. The first-order valence-corrected chi connectivity index (χ1v) is 8.59. The molecule has 1 aromatic heterocycles. The number of nitrogens with one attached hydrogen (secondary N) is 1. The Morgan fingerprint density at radius 2 is 1.93 bits per heavy atom. The highest BCUT2D eigenvalue weighted by molar-refractivity contribution is 5.94. The van der Waals surface area contributed by atoms with E-state index in [0.29, 0.717) is 16.9 Å². The predicted molar refractivity (Wildman–Crippen MR) is 103 cm³/mol. The maximum atomic E-state index is 14.2. The van der Waals surface area contributed by atoms with Crippen molar-refractivity contribution in [1.82, 2.24) is 10.3 Å². The summed E-state index contributed by atoms with van der Waals surface area (Å²) in [5.74, 6) is -0.676. The van der Waals surface area contributed by atoms with Crippen LogP contribution in [0.15, 0.2) is 73.1 Å². The zero-order chi connectivity index (χ0) is 19.9. The van der Waals surface area contributed by atoms with E-state index < -0.39 is 5.82 Å². The van der Waals surface area contributed by atoms with Crippen LogP contribution in [0, 0.1) is 11.6 Å². The minimum absolute atomic E-state index is 0.0788. The van der Waals surface area contributed by atoms with Crippen LogP contribution in [0.25, 0.3) is 5.57 Å². The first-order valence-electron chi connectivity index (χ1n) is 8.59. The van der Waals surface area contributed by atoms with Gasteiger partial charge in [-0.3, -0.25) is 9.78 Å². The third-order valence-electron chi connectivity index (χ3n) is 3.97. The number of aromatic nitrogens is 1. The van der Waals surface area contributed by atoms with Crippen LogP contribution in [0.1, 0.15) is 18.1 Å². The molecule has 142 valence electrons. The third-order valence-corrected chi connectivity index (χ3v) is 3.97. The Hall–Kier alpha value is -3.54. The fraction of sp³-hybridized carbons (Fsp3) is 0.0909. The number of allylic oxidation sites excluding steroid dienone is 1. The monoisotopic (exact) mass is 380 g/mol. The quantitative estimate of drug-likeness (QED) is 0.621. The molecule has 28 heavy (non-hydrogen) atoms. The van der Waals surface area contributed by atoms with Gasteiger partial charge in [0.1, 0.15) is 11.6 Å². The molecule has 0 bridgehead atoms. The Labute approximate surface area is 161 Å². The summed E-state index contributed by atoms with van der Waals surface area (Å²) in [7, 11) is 0. The van der Waals surface area contributed by atoms with E-state index in [1.807, 2.05) is 0 Å². The van der Waals surface area contributed by atoms with Gasteiger partial charge in [0.25, 0.3) is 0 Å². The molecule has 1 amide bonds. The van der Waals surface area contributed by atoms with E-state index in [1.165, 1.54) is 36.5 Å². The SMILES string of the molecule is C/C(=C/C(=O)NCc1ccc(Oc2cccnc2)c(F)c1)c1ccc(F)cc1. The molecule has 0 aliphatic rings. The molecule has 3 aromatic rings. The number of hydrogen-bond acceptors (Lipinski definition) is 3. The first kappa shape index (κ1) is 19.2. The molecular weight excluding hydrogens is 362 g/mol. The fourth-order valence-corrected chi connectivity index (χ4v) is 2.50. The van der Waals surface area contributed by atoms with Gasteiger partial charge in [-0.15, -0.1) is 0 Å². The highest BCUT2D eigenvalue weighted by Gasteiger charge is 2.07. The lowest BCUT2D eigenvalue weighted by atomic mass is 10.1. The van der Waals surface area contributed by atoms with Crippen LogP contribution in [0.3, 0.4) is 0 Å². The number of halogens is 2. The van der Waals surface area contributed by atoms with E-state index in [0.717, 1.165) is 5.56 Å². The number of amides is 1. The molecular formula is C22H18F2N2O2. The second-order valence-electron chi connectivity index (χ2n) is 6.11. The maximum absolute atomic E-state index is 14.2. The summed E-state index contributed by atoms with van der Waals surface area (Å²) in [5, 5.41) is 2.70. The summed E-state index contributed by atoms with van der Waals surface area (Å²) in [5.41, 5.74) is 2.04. The normalized spacial score (nSPS) is 11.2. The average molecular weight is 380 g/mol. The molecule has 0 atom stereocenters. The predicted octanol–water partition coefficient (Wildman–Crippen LogP) is 4.87. The van der Waals surface area contributed by atoms with Crippen molar-refractivity contribution in [3.8, 4) is 11.5 Å². The number of nitrogens with zero attached hydrogens (tertiary/aromatic N) is 1. The topological polar surface area (TPSA) is 51.2 Å². The molecule has 0 unspecified atom stereocenters. The molecule has 0 aliphatic carbocycles. The van der Waals surface area contributed by atoms with Crippen molar-refractivity contribution in [3.05, 3.63) is 95.8 Å². The molecule has 0 saturated carbocycles. The Morgan fingerprint density at radius 3 is 2.61 bits per heavy atom. The number of carbonyl (C=O) groups is 1. The van der Waals surface area contributed by atoms with E-state index in [2.05, 4.69) is 10.3 Å². The lowest BCUT2D eigenvalue weighted by Gasteiger charge is -2.09. The van der Waals surface area contributed by atoms with Gasteiger partial charge in [0, 0.05) is 18.8 Å². The molecule has 3 rings (SSSR count). The second kappa shape index (κ2) is 8.90. The summed E-state index contributed by atoms with van der Waals surface area (Å²) in [6.45, 7) is 1.92. The average Bonchev–Trinajstić information content (AvgIpc) is 2.69. The molecule has 4 nitrogen and oxygen atoms in total. The van der Waals surface area contributed by atoms with E-state index in [-0.39, 0.29) is 24.0 Å². The summed E-state index contributed by atoms with van der Waals surface area (Å²) in [6.07, 6.45) is 4.51. The minimum Gasteiger partial charge on any atom is -0.453 e. The molecule has 6 heteroatoms. The molecule has 0 aliphatic heterocycles. The van der Waals surface area contributed by atoms with Crippen LogP contribution in [0.2, 0.25) is 0 Å². The standard InChI is InChI=1S/C22H18F2N2O2/c1-15(17-5-7-18(23)8-6-17)11-22(27)26-13-16-4-9-21(20(24)12-16)28-19-3-2-10-25-14-19/h2-12,14H,13H2,1H3,(H,26,27)/b15-11-. The number of carbonyl (C=O) groups excluding carboxylic acids is 1. The van der Waals surface area contributed by atoms with E-state index in [4.69, 9.17) is 4.74 Å². The van der Waals surface area contributed by atoms with Gasteiger partial charge in [-0.2, -0.15) is 0 Å². The van der Waals surface area contributed by atoms with Crippen molar-refractivity contribution in [2.75, 3.05) is 0 Å². The summed E-state index contributed by atoms with van der Waals surface area (Å²) < 4.78 is 32.6. The van der Waals surface area contributed by atoms with Crippen LogP contribution in [-0.2, 0) is 11.3 Å². The molecule has 1 N–H and O–H groups in total. The highest BCUT2D eigenvalue weighted by Crippen LogP contribution is 2.24. The van der Waals surface area contributed by atoms with Gasteiger partial charge in [-0.1, -0.05) is 18.2 Å². The van der Waals surface area contributed by atoms with Crippen molar-refractivity contribution in [3.63, 3.8) is 0 Å². The molecule has 2 aromatic carbocycles. The van der Waals surface area contributed by atoms with Gasteiger partial charge < -0.3 is 10.1 Å². The molecule has 0 spiro atoms. The van der Waals surface area contributed by atoms with E-state index in [9.17, 15) is 13.6 Å². The second-order valence-corrected chi connectivity index (χ2v) is 6.11. The van der Waals surface area contributed by atoms with Crippen LogP contribution in [0.4, 0.5) is 8.78 Å². The van der Waals surface area contributed by atoms with Crippen molar-refractivity contribution in [1.29, 1.82) is 0 Å². The van der Waals surface area contributed by atoms with Crippen LogP contribution < -0.4 is 10.1 Å². The number of hydrogen-bond donors (Lipinski definition) is 1. The van der Waals surface area contributed by atoms with Gasteiger partial charge in [0.15, 0.2) is 11.6 Å². The van der Waals surface area contributed by atoms with Crippen molar-refractivity contribution >= 4 is 11.5 Å². The zero-order valence-electron chi connectivity index (χ0n) is 15.2. The summed E-state index contributed by atoms with van der Waals surface area (Å²) >= 11 is 0. The lowest BCUT2D eigenvalue weighted by Crippen LogP contribution is -2.20. The van der Waals surface area contributed by atoms with Gasteiger partial charge in [0.2, 0.25) is 5.91 Å². The van der Waals surface area contributed by atoms with Crippen LogP contribution >= 0.6 is 0 Å². The van der Waals surface area contributed by atoms with E-state index >= 15 is 0 Å². The fourth-order valence-electron chi connectivity index (χ4n) is 2.50. The highest BCUT2D eigenvalue weighted by atomic mass is 19.1. The number of benzene rings is 2. The van der Waals surface area contributed by atoms with Crippen molar-refractivity contribution in [2.45, 2.75) is 13.5 Å². The largest absolute Gasteiger partial charge is 0.453 e. The first-order chi connectivity index (χ1) is 13.5. The number of pyridine rings is 1. The van der Waals surface area contributed by atoms with Crippen LogP contribution in [0.5, 0.6) is 11.5 Å². The number of rotatable bonds is 6. The Kier molecular flexibility index (Phi) is 6.11. The maximum Gasteiger partial charge on any atom is 0.244 e. The van der Waals surface area contributed by atoms with E-state index in [1.54, 1.807) is 43.5 Å². The lowest BCUT2D eigenvalue weighted by molar-refractivity contribution is -0.116. The molecule has 0 radical (unpaired) electrons. The summed E-state index contributed by atoms with van der Waals surface area (Å²) in [4.78, 5) is 16.0. The van der Waals surface area contributed by atoms with Crippen molar-refractivity contribution < 1.29 is 18.3 Å². The van der Waals surface area contributed by atoms with Crippen LogP contribution in [-0.4, -0.2) is 10.9 Å². The Bertz CT molecular complexity index is 987. The summed E-state index contributed by atoms with van der Waals surface area (Å²) in [6, 6.07) is 13.7. The van der Waals surface area contributed by atoms with Crippen molar-refractivity contribution in [2.24, 2.45) is 0 Å². The minimum atomic E-state index is -0.534. The molecule has 0 saturated heterocycles. The van der Waals surface area contributed by atoms with Gasteiger partial charge in [-0.05, 0) is 60.0 Å². The molecule has 0 fully saturated rings. The Balaban J connectivity index is 1.59. The Morgan fingerprint density at radius 1 is 1.14 bits per heavy atom.